The van der Waals surface area contributed by atoms with Gasteiger partial charge in [0.2, 0.25) is 5.91 Å². The van der Waals surface area contributed by atoms with Crippen LogP contribution in [0.1, 0.15) is 5.56 Å². The summed E-state index contributed by atoms with van der Waals surface area (Å²) in [5.41, 5.74) is 7.35. The minimum atomic E-state index is 0.128. The Bertz CT molecular complexity index is 1230. The van der Waals surface area contributed by atoms with Gasteiger partial charge in [-0.3, -0.25) is 9.69 Å². The molecule has 8 heteroatoms. The van der Waals surface area contributed by atoms with Gasteiger partial charge >= 0.3 is 0 Å². The lowest BCUT2D eigenvalue weighted by Crippen LogP contribution is -2.48. The Kier molecular flexibility index (Phi) is 5.76. The van der Waals surface area contributed by atoms with Gasteiger partial charge in [0.05, 0.1) is 11.1 Å². The minimum Gasteiger partial charge on any atom is -0.383 e. The van der Waals surface area contributed by atoms with Gasteiger partial charge in [0.25, 0.3) is 0 Å². The first kappa shape index (κ1) is 20.2. The molecule has 0 aliphatic carbocycles. The molecule has 0 bridgehead atoms. The largest absolute Gasteiger partial charge is 0.383 e. The number of thiophene rings is 1. The van der Waals surface area contributed by atoms with E-state index in [1.807, 2.05) is 16.3 Å². The number of hydrogen-bond donors (Lipinski definition) is 1. The van der Waals surface area contributed by atoms with E-state index in [0.29, 0.717) is 16.7 Å². The highest BCUT2D eigenvalue weighted by atomic mass is 32.2. The number of aromatic nitrogens is 2. The average Bonchev–Trinajstić information content (AvgIpc) is 3.28. The fourth-order valence-electron chi connectivity index (χ4n) is 3.97. The Balaban J connectivity index is 1.16. The number of thioether (sulfide) groups is 1. The van der Waals surface area contributed by atoms with Crippen LogP contribution in [0, 0.1) is 0 Å². The number of fused-ring (bicyclic) bond motifs is 2. The van der Waals surface area contributed by atoms with E-state index in [0.717, 1.165) is 42.9 Å². The molecule has 0 unspecified atom stereocenters. The van der Waals surface area contributed by atoms with Crippen molar-refractivity contribution in [3.63, 3.8) is 0 Å². The Hall–Kier alpha value is -2.68. The number of anilines is 1. The van der Waals surface area contributed by atoms with Crippen LogP contribution in [0.4, 0.5) is 5.82 Å². The van der Waals surface area contributed by atoms with Gasteiger partial charge < -0.3 is 10.6 Å². The lowest BCUT2D eigenvalue weighted by atomic mass is 10.0. The molecule has 1 saturated heterocycles. The lowest BCUT2D eigenvalue weighted by Gasteiger charge is -2.35. The Labute approximate surface area is 189 Å². The molecule has 4 aromatic rings. The third kappa shape index (κ3) is 4.37. The SMILES string of the molecule is Nc1nc(SCC(=O)N2CCN(Cc3cccc4ccccc34)CC2)nc2sccc12. The third-order valence-corrected chi connectivity index (χ3v) is 7.30. The highest BCUT2D eigenvalue weighted by Gasteiger charge is 2.22. The molecule has 2 aromatic carbocycles. The van der Waals surface area contributed by atoms with Gasteiger partial charge in [-0.1, -0.05) is 54.2 Å². The molecular formula is C23H23N5OS2. The van der Waals surface area contributed by atoms with Crippen molar-refractivity contribution in [1.82, 2.24) is 19.8 Å². The second-order valence-electron chi connectivity index (χ2n) is 7.61. The summed E-state index contributed by atoms with van der Waals surface area (Å²) in [6.45, 7) is 4.16. The number of benzene rings is 2. The van der Waals surface area contributed by atoms with E-state index >= 15 is 0 Å². The van der Waals surface area contributed by atoms with Crippen molar-refractivity contribution < 1.29 is 4.79 Å². The molecule has 2 N–H and O–H groups in total. The summed E-state index contributed by atoms with van der Waals surface area (Å²) in [6, 6.07) is 16.9. The van der Waals surface area contributed by atoms with Gasteiger partial charge in [-0.25, -0.2) is 9.97 Å². The van der Waals surface area contributed by atoms with Crippen molar-refractivity contribution in [3.8, 4) is 0 Å². The summed E-state index contributed by atoms with van der Waals surface area (Å²) < 4.78 is 0. The number of piperazine rings is 1. The van der Waals surface area contributed by atoms with Gasteiger partial charge in [-0.05, 0) is 27.8 Å². The molecule has 1 aliphatic rings. The van der Waals surface area contributed by atoms with Crippen LogP contribution >= 0.6 is 23.1 Å². The highest BCUT2D eigenvalue weighted by Crippen LogP contribution is 2.26. The van der Waals surface area contributed by atoms with Gasteiger partial charge in [0.1, 0.15) is 10.6 Å². The molecule has 0 saturated carbocycles. The summed E-state index contributed by atoms with van der Waals surface area (Å²) in [7, 11) is 0. The molecule has 158 valence electrons. The molecule has 0 spiro atoms. The van der Waals surface area contributed by atoms with Gasteiger partial charge in [-0.2, -0.15) is 0 Å². The van der Waals surface area contributed by atoms with Crippen LogP contribution < -0.4 is 5.73 Å². The fraction of sp³-hybridized carbons (Fsp3) is 0.261. The van der Waals surface area contributed by atoms with Gasteiger partial charge in [0, 0.05) is 32.7 Å². The van der Waals surface area contributed by atoms with Crippen LogP contribution in [0.25, 0.3) is 21.0 Å². The Morgan fingerprint density at radius 3 is 2.68 bits per heavy atom. The van der Waals surface area contributed by atoms with Crippen LogP contribution in [0.5, 0.6) is 0 Å². The third-order valence-electron chi connectivity index (χ3n) is 5.66. The number of amides is 1. The van der Waals surface area contributed by atoms with Gasteiger partial charge in [-0.15, -0.1) is 11.3 Å². The molecular weight excluding hydrogens is 426 g/mol. The molecule has 3 heterocycles. The van der Waals surface area contributed by atoms with Crippen molar-refractivity contribution in [2.45, 2.75) is 11.7 Å². The molecule has 0 atom stereocenters. The van der Waals surface area contributed by atoms with Crippen LogP contribution in [-0.4, -0.2) is 57.6 Å². The van der Waals surface area contributed by atoms with Crippen molar-refractivity contribution in [3.05, 3.63) is 59.5 Å². The van der Waals surface area contributed by atoms with Crippen LogP contribution in [0.3, 0.4) is 0 Å². The number of carbonyl (C=O) groups is 1. The van der Waals surface area contributed by atoms with E-state index in [1.165, 1.54) is 39.4 Å². The number of nitrogens with two attached hydrogens (primary N) is 1. The normalized spacial score (nSPS) is 15.0. The summed E-state index contributed by atoms with van der Waals surface area (Å²) in [5.74, 6) is 0.936. The summed E-state index contributed by atoms with van der Waals surface area (Å²) >= 11 is 2.89. The zero-order valence-corrected chi connectivity index (χ0v) is 18.7. The zero-order valence-electron chi connectivity index (χ0n) is 17.0. The first-order chi connectivity index (χ1) is 15.2. The van der Waals surface area contributed by atoms with E-state index < -0.39 is 0 Å². The monoisotopic (exact) mass is 449 g/mol. The highest BCUT2D eigenvalue weighted by molar-refractivity contribution is 7.99. The van der Waals surface area contributed by atoms with Crippen molar-refractivity contribution in [2.75, 3.05) is 37.7 Å². The molecule has 1 aliphatic heterocycles. The number of nitrogen functional groups attached to an aromatic ring is 1. The second-order valence-corrected chi connectivity index (χ2v) is 9.45. The van der Waals surface area contributed by atoms with Crippen molar-refractivity contribution in [2.24, 2.45) is 0 Å². The predicted octanol–water partition coefficient (Wildman–Crippen LogP) is 3.86. The molecule has 6 nitrogen and oxygen atoms in total. The lowest BCUT2D eigenvalue weighted by molar-refractivity contribution is -0.130. The molecule has 1 fully saturated rings. The summed E-state index contributed by atoms with van der Waals surface area (Å²) in [5, 5.41) is 5.97. The van der Waals surface area contributed by atoms with E-state index in [1.54, 1.807) is 0 Å². The fourth-order valence-corrected chi connectivity index (χ4v) is 5.55. The van der Waals surface area contributed by atoms with E-state index in [4.69, 9.17) is 5.73 Å². The summed E-state index contributed by atoms with van der Waals surface area (Å²) in [6.07, 6.45) is 0. The predicted molar refractivity (Wildman–Crippen MR) is 128 cm³/mol. The molecule has 0 radical (unpaired) electrons. The second kappa shape index (κ2) is 8.82. The number of nitrogens with zero attached hydrogens (tertiary/aromatic N) is 4. The smallest absolute Gasteiger partial charge is 0.233 e. The maximum Gasteiger partial charge on any atom is 0.233 e. The van der Waals surface area contributed by atoms with Crippen molar-refractivity contribution in [1.29, 1.82) is 0 Å². The maximum absolute atomic E-state index is 12.7. The molecule has 1 amide bonds. The number of hydrogen-bond acceptors (Lipinski definition) is 7. The molecule has 5 rings (SSSR count). The quantitative estimate of drug-likeness (QED) is 0.368. The van der Waals surface area contributed by atoms with E-state index in [2.05, 4.69) is 57.3 Å². The van der Waals surface area contributed by atoms with Crippen LogP contribution in [-0.2, 0) is 11.3 Å². The summed E-state index contributed by atoms with van der Waals surface area (Å²) in [4.78, 5) is 26.8. The molecule has 31 heavy (non-hydrogen) atoms. The van der Waals surface area contributed by atoms with E-state index in [9.17, 15) is 4.79 Å². The van der Waals surface area contributed by atoms with E-state index in [-0.39, 0.29) is 5.91 Å². The Morgan fingerprint density at radius 2 is 1.81 bits per heavy atom. The standard InChI is InChI=1S/C23H23N5OS2/c24-21-19-8-13-30-22(19)26-23(25-21)31-15-20(29)28-11-9-27(10-12-28)14-17-6-3-5-16-4-1-2-7-18(16)17/h1-8,13H,9-12,14-15H2,(H2,24,25,26). The average molecular weight is 450 g/mol. The molecule has 2 aromatic heterocycles. The zero-order chi connectivity index (χ0) is 21.2. The first-order valence-corrected chi connectivity index (χ1v) is 12.1. The Morgan fingerprint density at radius 1 is 1.00 bits per heavy atom. The first-order valence-electron chi connectivity index (χ1n) is 10.3. The topological polar surface area (TPSA) is 75.3 Å². The number of rotatable bonds is 5. The maximum atomic E-state index is 12.7. The minimum absolute atomic E-state index is 0.128. The van der Waals surface area contributed by atoms with Gasteiger partial charge in [0.15, 0.2) is 5.16 Å². The van der Waals surface area contributed by atoms with Crippen LogP contribution in [0.2, 0.25) is 0 Å². The van der Waals surface area contributed by atoms with Crippen LogP contribution in [0.15, 0.2) is 59.1 Å². The number of carbonyl (C=O) groups excluding carboxylic acids is 1. The van der Waals surface area contributed by atoms with Crippen molar-refractivity contribution >= 4 is 55.8 Å².